The van der Waals surface area contributed by atoms with Crippen molar-refractivity contribution in [2.75, 3.05) is 0 Å². The highest BCUT2D eigenvalue weighted by Gasteiger charge is 2.09. The predicted molar refractivity (Wildman–Crippen MR) is 81.1 cm³/mol. The second-order valence-corrected chi connectivity index (χ2v) is 5.82. The summed E-state index contributed by atoms with van der Waals surface area (Å²) in [5.41, 5.74) is 2.12. The zero-order valence-electron chi connectivity index (χ0n) is 10.4. The molecule has 18 heavy (non-hydrogen) atoms. The summed E-state index contributed by atoms with van der Waals surface area (Å²) in [6.07, 6.45) is 0.900. The normalized spacial score (nSPS) is 10.9. The number of aromatic nitrogens is 2. The van der Waals surface area contributed by atoms with Crippen LogP contribution in [-0.4, -0.2) is 9.97 Å². The van der Waals surface area contributed by atoms with Gasteiger partial charge >= 0.3 is 0 Å². The summed E-state index contributed by atoms with van der Waals surface area (Å²) in [4.78, 5) is 7.79. The van der Waals surface area contributed by atoms with Crippen LogP contribution in [0.5, 0.6) is 0 Å². The zero-order valence-corrected chi connectivity index (χ0v) is 12.8. The van der Waals surface area contributed by atoms with Crippen molar-refractivity contribution in [3.8, 4) is 11.3 Å². The molecule has 2 aromatic rings. The second-order valence-electron chi connectivity index (χ2n) is 4.64. The Morgan fingerprint density at radius 1 is 1.28 bits per heavy atom. The van der Waals surface area contributed by atoms with Gasteiger partial charge in [-0.25, -0.2) is 4.98 Å². The van der Waals surface area contributed by atoms with E-state index in [9.17, 15) is 0 Å². The van der Waals surface area contributed by atoms with E-state index in [-0.39, 0.29) is 0 Å². The van der Waals surface area contributed by atoms with Crippen molar-refractivity contribution in [2.45, 2.75) is 20.3 Å². The Balaban J connectivity index is 2.53. The predicted octanol–water partition coefficient (Wildman–Crippen LogP) is 4.77. The van der Waals surface area contributed by atoms with Gasteiger partial charge in [0.2, 0.25) is 0 Å². The standard InChI is InChI=1S/C14H15BrN2S/c1-9(2)8-11-16-13(12(15)14(18)17-11)10-6-4-3-5-7-10/h3-7,9H,8H2,1-2H3,(H,16,17,18). The van der Waals surface area contributed by atoms with Crippen LogP contribution >= 0.6 is 28.1 Å². The van der Waals surface area contributed by atoms with Gasteiger partial charge in [0.1, 0.15) is 10.5 Å². The zero-order chi connectivity index (χ0) is 13.1. The lowest BCUT2D eigenvalue weighted by atomic mass is 10.1. The fourth-order valence-corrected chi connectivity index (χ4v) is 2.42. The van der Waals surface area contributed by atoms with E-state index in [0.717, 1.165) is 28.0 Å². The largest absolute Gasteiger partial charge is 0.342 e. The molecule has 1 aromatic carbocycles. The average Bonchev–Trinajstić information content (AvgIpc) is 2.34. The van der Waals surface area contributed by atoms with E-state index in [1.54, 1.807) is 0 Å². The smallest absolute Gasteiger partial charge is 0.144 e. The summed E-state index contributed by atoms with van der Waals surface area (Å²) in [5, 5.41) is 0. The number of hydrogen-bond acceptors (Lipinski definition) is 2. The van der Waals surface area contributed by atoms with E-state index in [1.807, 2.05) is 18.2 Å². The summed E-state index contributed by atoms with van der Waals surface area (Å²) in [6, 6.07) is 10.2. The third-order valence-corrected chi connectivity index (χ3v) is 3.91. The topological polar surface area (TPSA) is 28.7 Å². The van der Waals surface area contributed by atoms with Gasteiger partial charge < -0.3 is 4.98 Å². The number of halogens is 1. The molecule has 1 N–H and O–H groups in total. The van der Waals surface area contributed by atoms with Crippen LogP contribution < -0.4 is 0 Å². The van der Waals surface area contributed by atoms with Crippen molar-refractivity contribution in [3.63, 3.8) is 0 Å². The average molecular weight is 323 g/mol. The summed E-state index contributed by atoms with van der Waals surface area (Å²) in [6.45, 7) is 4.34. The highest BCUT2D eigenvalue weighted by Crippen LogP contribution is 2.26. The molecule has 2 nitrogen and oxygen atoms in total. The molecule has 0 aliphatic carbocycles. The maximum absolute atomic E-state index is 5.30. The van der Waals surface area contributed by atoms with Crippen molar-refractivity contribution in [1.82, 2.24) is 9.97 Å². The van der Waals surface area contributed by atoms with Crippen molar-refractivity contribution in [1.29, 1.82) is 0 Å². The number of nitrogens with one attached hydrogen (secondary N) is 1. The van der Waals surface area contributed by atoms with Crippen molar-refractivity contribution < 1.29 is 0 Å². The minimum absolute atomic E-state index is 0.549. The van der Waals surface area contributed by atoms with Gasteiger partial charge in [0.15, 0.2) is 0 Å². The summed E-state index contributed by atoms with van der Waals surface area (Å²) >= 11 is 8.82. The van der Waals surface area contributed by atoms with Crippen molar-refractivity contribution >= 4 is 28.1 Å². The van der Waals surface area contributed by atoms with Crippen molar-refractivity contribution in [3.05, 3.63) is 45.3 Å². The molecule has 0 spiro atoms. The first kappa shape index (κ1) is 13.4. The summed E-state index contributed by atoms with van der Waals surface area (Å²) < 4.78 is 1.47. The number of hydrogen-bond donors (Lipinski definition) is 1. The molecule has 0 unspecified atom stereocenters. The lowest BCUT2D eigenvalue weighted by Crippen LogP contribution is -2.03. The van der Waals surface area contributed by atoms with Crippen LogP contribution in [0.4, 0.5) is 0 Å². The highest BCUT2D eigenvalue weighted by molar-refractivity contribution is 9.10. The molecule has 0 atom stereocenters. The fourth-order valence-electron chi connectivity index (χ4n) is 1.79. The lowest BCUT2D eigenvalue weighted by molar-refractivity contribution is 0.620. The third kappa shape index (κ3) is 3.06. The molecule has 94 valence electrons. The minimum atomic E-state index is 0.549. The molecule has 0 aliphatic heterocycles. The molecular weight excluding hydrogens is 308 g/mol. The van der Waals surface area contributed by atoms with E-state index in [4.69, 9.17) is 12.2 Å². The summed E-state index contributed by atoms with van der Waals surface area (Å²) in [5.74, 6) is 1.49. The van der Waals surface area contributed by atoms with Crippen LogP contribution in [0.3, 0.4) is 0 Å². The molecular formula is C14H15BrN2S. The van der Waals surface area contributed by atoms with Crippen LogP contribution in [0.1, 0.15) is 19.7 Å². The van der Waals surface area contributed by atoms with E-state index in [0.29, 0.717) is 10.6 Å². The van der Waals surface area contributed by atoms with Crippen LogP contribution in [0, 0.1) is 10.6 Å². The second kappa shape index (κ2) is 5.76. The molecule has 0 amide bonds. The number of nitrogens with zero attached hydrogens (tertiary/aromatic N) is 1. The van der Waals surface area contributed by atoms with Crippen LogP contribution in [0.15, 0.2) is 34.8 Å². The molecule has 0 radical (unpaired) electrons. The third-order valence-electron chi connectivity index (χ3n) is 2.58. The fraction of sp³-hybridized carbons (Fsp3) is 0.286. The first-order chi connectivity index (χ1) is 8.58. The monoisotopic (exact) mass is 322 g/mol. The molecule has 0 aliphatic rings. The van der Waals surface area contributed by atoms with Gasteiger partial charge in [-0.1, -0.05) is 56.4 Å². The Hall–Kier alpha value is -1.00. The maximum Gasteiger partial charge on any atom is 0.144 e. The first-order valence-electron chi connectivity index (χ1n) is 5.92. The molecule has 1 aromatic heterocycles. The molecule has 4 heteroatoms. The summed E-state index contributed by atoms with van der Waals surface area (Å²) in [7, 11) is 0. The van der Waals surface area contributed by atoms with Gasteiger partial charge in [-0.05, 0) is 27.4 Å². The maximum atomic E-state index is 5.30. The van der Waals surface area contributed by atoms with Gasteiger partial charge in [0.05, 0.1) is 10.2 Å². The van der Waals surface area contributed by atoms with E-state index in [1.165, 1.54) is 0 Å². The minimum Gasteiger partial charge on any atom is -0.342 e. The van der Waals surface area contributed by atoms with Gasteiger partial charge in [0, 0.05) is 6.42 Å². The molecule has 1 heterocycles. The molecule has 0 saturated carbocycles. The Morgan fingerprint density at radius 3 is 2.56 bits per heavy atom. The number of H-pyrrole nitrogens is 1. The molecule has 0 fully saturated rings. The number of rotatable bonds is 3. The quantitative estimate of drug-likeness (QED) is 0.825. The lowest BCUT2D eigenvalue weighted by Gasteiger charge is -2.10. The van der Waals surface area contributed by atoms with Gasteiger partial charge in [-0.15, -0.1) is 0 Å². The number of aromatic amines is 1. The SMILES string of the molecule is CC(C)Cc1nc(=S)c(Br)c(-c2ccccc2)[nH]1. The van der Waals surface area contributed by atoms with E-state index >= 15 is 0 Å². The van der Waals surface area contributed by atoms with E-state index < -0.39 is 0 Å². The Labute approximate surface area is 121 Å². The molecule has 0 bridgehead atoms. The highest BCUT2D eigenvalue weighted by atomic mass is 79.9. The molecule has 0 saturated heterocycles. The van der Waals surface area contributed by atoms with Crippen LogP contribution in [0.2, 0.25) is 0 Å². The molecule has 2 rings (SSSR count). The van der Waals surface area contributed by atoms with E-state index in [2.05, 4.69) is 51.9 Å². The Bertz CT molecular complexity index is 590. The van der Waals surface area contributed by atoms with Crippen LogP contribution in [-0.2, 0) is 6.42 Å². The number of benzene rings is 1. The van der Waals surface area contributed by atoms with Crippen LogP contribution in [0.25, 0.3) is 11.3 Å². The van der Waals surface area contributed by atoms with Gasteiger partial charge in [-0.3, -0.25) is 0 Å². The first-order valence-corrected chi connectivity index (χ1v) is 7.12. The van der Waals surface area contributed by atoms with Gasteiger partial charge in [-0.2, -0.15) is 0 Å². The Morgan fingerprint density at radius 2 is 1.94 bits per heavy atom. The van der Waals surface area contributed by atoms with Gasteiger partial charge in [0.25, 0.3) is 0 Å². The van der Waals surface area contributed by atoms with Crippen molar-refractivity contribution in [2.24, 2.45) is 5.92 Å². The Kier molecular flexibility index (Phi) is 4.30.